The third kappa shape index (κ3) is 1.48. The third-order valence-electron chi connectivity index (χ3n) is 2.69. The molecular weight excluding hydrogens is 210 g/mol. The van der Waals surface area contributed by atoms with Crippen LogP contribution in [0.5, 0.6) is 0 Å². The highest BCUT2D eigenvalue weighted by Gasteiger charge is 2.23. The molecule has 15 heavy (non-hydrogen) atoms. The molecule has 0 saturated carbocycles. The predicted octanol–water partition coefficient (Wildman–Crippen LogP) is 1.26. The fourth-order valence-corrected chi connectivity index (χ4v) is 2.80. The van der Waals surface area contributed by atoms with Crippen LogP contribution < -0.4 is 4.90 Å². The van der Waals surface area contributed by atoms with Crippen molar-refractivity contribution in [3.8, 4) is 0 Å². The number of thiophene rings is 1. The second kappa shape index (κ2) is 3.43. The monoisotopic (exact) mass is 221 g/mol. The van der Waals surface area contributed by atoms with Crippen LogP contribution in [0.1, 0.15) is 6.42 Å². The van der Waals surface area contributed by atoms with Crippen LogP contribution in [0.2, 0.25) is 0 Å². The summed E-state index contributed by atoms with van der Waals surface area (Å²) < 4.78 is 1.12. The maximum atomic E-state index is 9.50. The summed E-state index contributed by atoms with van der Waals surface area (Å²) in [6, 6.07) is 2.00. The molecule has 1 aliphatic rings. The maximum absolute atomic E-state index is 9.50. The molecule has 2 aromatic rings. The van der Waals surface area contributed by atoms with Crippen molar-refractivity contribution in [2.75, 3.05) is 18.0 Å². The highest BCUT2D eigenvalue weighted by Crippen LogP contribution is 2.29. The van der Waals surface area contributed by atoms with Crippen molar-refractivity contribution in [3.05, 3.63) is 17.8 Å². The molecule has 0 aliphatic carbocycles. The van der Waals surface area contributed by atoms with Crippen molar-refractivity contribution in [2.24, 2.45) is 0 Å². The molecule has 1 saturated heterocycles. The lowest BCUT2D eigenvalue weighted by atomic mass is 10.3. The molecule has 78 valence electrons. The quantitative estimate of drug-likeness (QED) is 0.787. The molecule has 1 fully saturated rings. The second-order valence-corrected chi connectivity index (χ2v) is 4.64. The molecule has 3 rings (SSSR count). The van der Waals surface area contributed by atoms with Gasteiger partial charge in [-0.05, 0) is 17.9 Å². The van der Waals surface area contributed by atoms with E-state index in [0.29, 0.717) is 6.54 Å². The fraction of sp³-hybridized carbons (Fsp3) is 0.400. The number of fused-ring (bicyclic) bond motifs is 1. The lowest BCUT2D eigenvalue weighted by Gasteiger charge is -2.16. The SMILES string of the molecule is O[C@@H]1CCN(c2ncnc3ccsc23)C1. The molecule has 4 nitrogen and oxygen atoms in total. The zero-order valence-corrected chi connectivity index (χ0v) is 8.94. The van der Waals surface area contributed by atoms with Gasteiger partial charge in [0.25, 0.3) is 0 Å². The van der Waals surface area contributed by atoms with E-state index in [0.717, 1.165) is 29.0 Å². The Hall–Kier alpha value is -1.20. The Kier molecular flexibility index (Phi) is 2.07. The minimum absolute atomic E-state index is 0.213. The summed E-state index contributed by atoms with van der Waals surface area (Å²) in [4.78, 5) is 10.6. The Bertz CT molecular complexity index is 484. The molecule has 1 N–H and O–H groups in total. The first-order chi connectivity index (χ1) is 7.34. The second-order valence-electron chi connectivity index (χ2n) is 3.72. The zero-order chi connectivity index (χ0) is 10.3. The number of hydrogen-bond donors (Lipinski definition) is 1. The van der Waals surface area contributed by atoms with E-state index in [1.807, 2.05) is 11.4 Å². The van der Waals surface area contributed by atoms with E-state index in [9.17, 15) is 5.11 Å². The number of rotatable bonds is 1. The first-order valence-electron chi connectivity index (χ1n) is 4.96. The Morgan fingerprint density at radius 1 is 1.47 bits per heavy atom. The van der Waals surface area contributed by atoms with Crippen LogP contribution in [0.25, 0.3) is 10.2 Å². The van der Waals surface area contributed by atoms with E-state index in [4.69, 9.17) is 0 Å². The molecule has 1 aliphatic heterocycles. The minimum Gasteiger partial charge on any atom is -0.391 e. The number of nitrogens with zero attached hydrogens (tertiary/aromatic N) is 3. The predicted molar refractivity (Wildman–Crippen MR) is 60.3 cm³/mol. The average Bonchev–Trinajstić information content (AvgIpc) is 2.84. The van der Waals surface area contributed by atoms with Crippen LogP contribution >= 0.6 is 11.3 Å². The maximum Gasteiger partial charge on any atom is 0.150 e. The summed E-state index contributed by atoms with van der Waals surface area (Å²) in [6.45, 7) is 1.56. The van der Waals surface area contributed by atoms with Crippen LogP contribution in [0.3, 0.4) is 0 Å². The lowest BCUT2D eigenvalue weighted by Crippen LogP contribution is -2.22. The van der Waals surface area contributed by atoms with Crippen LogP contribution in [0, 0.1) is 0 Å². The smallest absolute Gasteiger partial charge is 0.150 e. The Morgan fingerprint density at radius 3 is 3.20 bits per heavy atom. The average molecular weight is 221 g/mol. The van der Waals surface area contributed by atoms with E-state index in [-0.39, 0.29) is 6.10 Å². The summed E-state index contributed by atoms with van der Waals surface area (Å²) in [5.41, 5.74) is 0.992. The van der Waals surface area contributed by atoms with E-state index in [2.05, 4.69) is 14.9 Å². The molecule has 0 unspecified atom stereocenters. The molecule has 2 aromatic heterocycles. The van der Waals surface area contributed by atoms with Gasteiger partial charge in [0.05, 0.1) is 16.3 Å². The lowest BCUT2D eigenvalue weighted by molar-refractivity contribution is 0.198. The van der Waals surface area contributed by atoms with Crippen molar-refractivity contribution in [3.63, 3.8) is 0 Å². The van der Waals surface area contributed by atoms with Gasteiger partial charge in [-0.2, -0.15) is 0 Å². The van der Waals surface area contributed by atoms with Crippen LogP contribution in [-0.2, 0) is 0 Å². The molecule has 5 heteroatoms. The Morgan fingerprint density at radius 2 is 2.40 bits per heavy atom. The standard InChI is InChI=1S/C10H11N3OS/c14-7-1-3-13(5-7)10-9-8(2-4-15-9)11-6-12-10/h2,4,6-7,14H,1,3,5H2/t7-/m1/s1. The number of aliphatic hydroxyl groups is 1. The van der Waals surface area contributed by atoms with Gasteiger partial charge in [0.15, 0.2) is 0 Å². The van der Waals surface area contributed by atoms with Crippen LogP contribution in [-0.4, -0.2) is 34.3 Å². The fourth-order valence-electron chi connectivity index (χ4n) is 1.94. The van der Waals surface area contributed by atoms with Crippen molar-refractivity contribution in [1.82, 2.24) is 9.97 Å². The van der Waals surface area contributed by atoms with Gasteiger partial charge in [-0.25, -0.2) is 9.97 Å². The van der Waals surface area contributed by atoms with E-state index < -0.39 is 0 Å². The third-order valence-corrected chi connectivity index (χ3v) is 3.59. The van der Waals surface area contributed by atoms with Crippen molar-refractivity contribution in [2.45, 2.75) is 12.5 Å². The molecule has 0 amide bonds. The van der Waals surface area contributed by atoms with Gasteiger partial charge >= 0.3 is 0 Å². The number of β-amino-alcohol motifs (C(OH)–C–C–N with tert-alkyl or cyclic N) is 1. The number of hydrogen-bond acceptors (Lipinski definition) is 5. The summed E-state index contributed by atoms with van der Waals surface area (Å²) in [5, 5.41) is 11.5. The van der Waals surface area contributed by atoms with Gasteiger partial charge in [0.2, 0.25) is 0 Å². The van der Waals surface area contributed by atoms with E-state index in [1.54, 1.807) is 17.7 Å². The van der Waals surface area contributed by atoms with Crippen LogP contribution in [0.4, 0.5) is 5.82 Å². The largest absolute Gasteiger partial charge is 0.391 e. The molecular formula is C10H11N3OS. The topological polar surface area (TPSA) is 49.2 Å². The van der Waals surface area contributed by atoms with Gasteiger partial charge in [-0.15, -0.1) is 11.3 Å². The van der Waals surface area contributed by atoms with Gasteiger partial charge in [0.1, 0.15) is 12.1 Å². The van der Waals surface area contributed by atoms with Gasteiger partial charge < -0.3 is 10.0 Å². The van der Waals surface area contributed by atoms with Crippen molar-refractivity contribution in [1.29, 1.82) is 0 Å². The molecule has 1 atom stereocenters. The summed E-state index contributed by atoms with van der Waals surface area (Å²) >= 11 is 1.65. The molecule has 0 radical (unpaired) electrons. The first-order valence-corrected chi connectivity index (χ1v) is 5.84. The highest BCUT2D eigenvalue weighted by molar-refractivity contribution is 7.17. The Balaban J connectivity index is 2.06. The minimum atomic E-state index is -0.213. The highest BCUT2D eigenvalue weighted by atomic mass is 32.1. The van der Waals surface area contributed by atoms with E-state index >= 15 is 0 Å². The number of aromatic nitrogens is 2. The first kappa shape index (κ1) is 9.06. The zero-order valence-electron chi connectivity index (χ0n) is 8.13. The Labute approximate surface area is 91.2 Å². The summed E-state index contributed by atoms with van der Waals surface area (Å²) in [5.74, 6) is 0.964. The number of anilines is 1. The molecule has 3 heterocycles. The van der Waals surface area contributed by atoms with Crippen molar-refractivity contribution < 1.29 is 5.11 Å². The normalized spacial score (nSPS) is 21.4. The van der Waals surface area contributed by atoms with E-state index in [1.165, 1.54) is 0 Å². The molecule has 0 bridgehead atoms. The number of aliphatic hydroxyl groups excluding tert-OH is 1. The van der Waals surface area contributed by atoms with Gasteiger partial charge in [-0.1, -0.05) is 0 Å². The summed E-state index contributed by atoms with van der Waals surface area (Å²) in [7, 11) is 0. The van der Waals surface area contributed by atoms with Crippen molar-refractivity contribution >= 4 is 27.4 Å². The molecule has 0 spiro atoms. The van der Waals surface area contributed by atoms with Gasteiger partial charge in [-0.3, -0.25) is 0 Å². The van der Waals surface area contributed by atoms with Crippen LogP contribution in [0.15, 0.2) is 17.8 Å². The summed E-state index contributed by atoms with van der Waals surface area (Å²) in [6.07, 6.45) is 2.21. The van der Waals surface area contributed by atoms with Gasteiger partial charge in [0, 0.05) is 13.1 Å². The molecule has 0 aromatic carbocycles.